The SMILES string of the molecule is CN(C)S(=O)(=O)c1ccc(NC(=O)c2ccc(F)c(S(=O)(=O)N(C)C)c2)cc1. The fraction of sp³-hybridized carbons (Fsp3) is 0.235. The summed E-state index contributed by atoms with van der Waals surface area (Å²) in [5.74, 6) is -1.64. The summed E-state index contributed by atoms with van der Waals surface area (Å²) in [6, 6.07) is 8.47. The molecule has 11 heteroatoms. The van der Waals surface area contributed by atoms with E-state index < -0.39 is 36.7 Å². The van der Waals surface area contributed by atoms with Gasteiger partial charge in [0.05, 0.1) is 4.90 Å². The third-order valence-electron chi connectivity index (χ3n) is 3.84. The van der Waals surface area contributed by atoms with E-state index in [9.17, 15) is 26.0 Å². The first-order valence-corrected chi connectivity index (χ1v) is 10.8. The van der Waals surface area contributed by atoms with Crippen molar-refractivity contribution in [1.82, 2.24) is 8.61 Å². The lowest BCUT2D eigenvalue weighted by Crippen LogP contribution is -2.24. The minimum Gasteiger partial charge on any atom is -0.322 e. The molecular weight excluding hydrogens is 409 g/mol. The van der Waals surface area contributed by atoms with Crippen LogP contribution in [0.4, 0.5) is 10.1 Å². The molecule has 2 aromatic carbocycles. The molecule has 0 heterocycles. The molecule has 0 aromatic heterocycles. The van der Waals surface area contributed by atoms with E-state index in [1.165, 1.54) is 52.5 Å². The van der Waals surface area contributed by atoms with Gasteiger partial charge in [-0.1, -0.05) is 0 Å². The molecule has 1 N–H and O–H groups in total. The van der Waals surface area contributed by atoms with E-state index in [0.717, 1.165) is 26.8 Å². The number of nitrogens with zero attached hydrogens (tertiary/aromatic N) is 2. The lowest BCUT2D eigenvalue weighted by atomic mass is 10.2. The van der Waals surface area contributed by atoms with E-state index in [1.54, 1.807) is 0 Å². The molecular formula is C17H20FN3O5S2. The van der Waals surface area contributed by atoms with Gasteiger partial charge in [0, 0.05) is 39.4 Å². The zero-order chi connectivity index (χ0) is 21.3. The molecule has 8 nitrogen and oxygen atoms in total. The molecule has 0 fully saturated rings. The van der Waals surface area contributed by atoms with Crippen LogP contribution in [0.5, 0.6) is 0 Å². The molecule has 0 aliphatic heterocycles. The van der Waals surface area contributed by atoms with Crippen LogP contribution < -0.4 is 5.32 Å². The Bertz CT molecular complexity index is 1100. The average molecular weight is 429 g/mol. The zero-order valence-corrected chi connectivity index (χ0v) is 17.3. The number of carbonyl (C=O) groups excluding carboxylic acids is 1. The second kappa shape index (κ2) is 7.95. The highest BCUT2D eigenvalue weighted by atomic mass is 32.2. The van der Waals surface area contributed by atoms with E-state index in [1.807, 2.05) is 0 Å². The van der Waals surface area contributed by atoms with Crippen LogP contribution in [0, 0.1) is 5.82 Å². The van der Waals surface area contributed by atoms with Crippen molar-refractivity contribution in [2.24, 2.45) is 0 Å². The average Bonchev–Trinajstić information content (AvgIpc) is 2.62. The Morgan fingerprint density at radius 1 is 0.857 bits per heavy atom. The quantitative estimate of drug-likeness (QED) is 0.751. The molecule has 0 atom stereocenters. The van der Waals surface area contributed by atoms with Crippen molar-refractivity contribution >= 4 is 31.6 Å². The molecule has 0 aliphatic rings. The lowest BCUT2D eigenvalue weighted by molar-refractivity contribution is 0.102. The molecule has 152 valence electrons. The van der Waals surface area contributed by atoms with Crippen LogP contribution >= 0.6 is 0 Å². The Morgan fingerprint density at radius 2 is 1.39 bits per heavy atom. The number of nitrogens with one attached hydrogen (secondary N) is 1. The van der Waals surface area contributed by atoms with Gasteiger partial charge in [0.25, 0.3) is 5.91 Å². The Labute approximate surface area is 163 Å². The zero-order valence-electron chi connectivity index (χ0n) is 15.7. The minimum atomic E-state index is -4.06. The Hall–Kier alpha value is -2.34. The van der Waals surface area contributed by atoms with Crippen LogP contribution in [0.1, 0.15) is 10.4 Å². The summed E-state index contributed by atoms with van der Waals surface area (Å²) in [7, 11) is -2.35. The number of carbonyl (C=O) groups is 1. The van der Waals surface area contributed by atoms with Gasteiger partial charge in [-0.2, -0.15) is 0 Å². The first-order chi connectivity index (χ1) is 12.9. The summed E-state index contributed by atoms with van der Waals surface area (Å²) in [4.78, 5) is 11.8. The number of hydrogen-bond acceptors (Lipinski definition) is 5. The summed E-state index contributed by atoms with van der Waals surface area (Å²) in [6.07, 6.45) is 0. The van der Waals surface area contributed by atoms with Gasteiger partial charge in [-0.3, -0.25) is 4.79 Å². The van der Waals surface area contributed by atoms with Crippen LogP contribution in [0.25, 0.3) is 0 Å². The summed E-state index contributed by atoms with van der Waals surface area (Å²) in [5.41, 5.74) is 0.232. The van der Waals surface area contributed by atoms with Gasteiger partial charge in [-0.05, 0) is 42.5 Å². The van der Waals surface area contributed by atoms with Gasteiger partial charge in [0.2, 0.25) is 20.0 Å². The molecule has 2 aromatic rings. The number of benzene rings is 2. The van der Waals surface area contributed by atoms with Crippen molar-refractivity contribution in [2.45, 2.75) is 9.79 Å². The fourth-order valence-electron chi connectivity index (χ4n) is 2.16. The van der Waals surface area contributed by atoms with Gasteiger partial charge in [-0.25, -0.2) is 29.8 Å². The van der Waals surface area contributed by atoms with Crippen molar-refractivity contribution < 1.29 is 26.0 Å². The summed E-state index contributed by atoms with van der Waals surface area (Å²) >= 11 is 0. The number of halogens is 1. The topological polar surface area (TPSA) is 104 Å². The normalized spacial score (nSPS) is 12.4. The van der Waals surface area contributed by atoms with E-state index in [2.05, 4.69) is 5.32 Å². The van der Waals surface area contributed by atoms with Crippen LogP contribution in [0.3, 0.4) is 0 Å². The van der Waals surface area contributed by atoms with Crippen LogP contribution in [0.2, 0.25) is 0 Å². The monoisotopic (exact) mass is 429 g/mol. The van der Waals surface area contributed by atoms with Gasteiger partial charge in [-0.15, -0.1) is 0 Å². The highest BCUT2D eigenvalue weighted by molar-refractivity contribution is 7.89. The maximum absolute atomic E-state index is 13.9. The summed E-state index contributed by atoms with van der Waals surface area (Å²) < 4.78 is 64.3. The van der Waals surface area contributed by atoms with E-state index >= 15 is 0 Å². The van der Waals surface area contributed by atoms with Gasteiger partial charge < -0.3 is 5.32 Å². The third-order valence-corrected chi connectivity index (χ3v) is 7.50. The molecule has 0 aliphatic carbocycles. The third kappa shape index (κ3) is 4.38. The van der Waals surface area contributed by atoms with Crippen molar-refractivity contribution in [3.05, 3.63) is 53.8 Å². The number of rotatable bonds is 6. The first-order valence-electron chi connectivity index (χ1n) is 7.93. The second-order valence-corrected chi connectivity index (χ2v) is 10.5. The largest absolute Gasteiger partial charge is 0.322 e. The molecule has 0 saturated carbocycles. The molecule has 0 unspecified atom stereocenters. The number of amides is 1. The number of sulfonamides is 2. The Morgan fingerprint density at radius 3 is 1.89 bits per heavy atom. The molecule has 1 amide bonds. The Balaban J connectivity index is 2.29. The first kappa shape index (κ1) is 22.0. The van der Waals surface area contributed by atoms with Gasteiger partial charge in [0.1, 0.15) is 10.7 Å². The molecule has 28 heavy (non-hydrogen) atoms. The number of hydrogen-bond donors (Lipinski definition) is 1. The molecule has 0 radical (unpaired) electrons. The van der Waals surface area contributed by atoms with Gasteiger partial charge >= 0.3 is 0 Å². The minimum absolute atomic E-state index is 0.0524. The fourth-order valence-corrected chi connectivity index (χ4v) is 4.05. The van der Waals surface area contributed by atoms with E-state index in [-0.39, 0.29) is 10.5 Å². The predicted octanol–water partition coefficient (Wildman–Crippen LogP) is 1.58. The van der Waals surface area contributed by atoms with Crippen LogP contribution in [-0.2, 0) is 20.0 Å². The summed E-state index contributed by atoms with van der Waals surface area (Å²) in [5, 5.41) is 2.52. The van der Waals surface area contributed by atoms with Crippen LogP contribution in [0.15, 0.2) is 52.3 Å². The van der Waals surface area contributed by atoms with Crippen molar-refractivity contribution in [3.8, 4) is 0 Å². The van der Waals surface area contributed by atoms with E-state index in [0.29, 0.717) is 5.69 Å². The lowest BCUT2D eigenvalue weighted by Gasteiger charge is -2.14. The number of anilines is 1. The maximum Gasteiger partial charge on any atom is 0.255 e. The highest BCUT2D eigenvalue weighted by Gasteiger charge is 2.23. The Kier molecular flexibility index (Phi) is 6.24. The molecule has 0 spiro atoms. The molecule has 0 bridgehead atoms. The second-order valence-electron chi connectivity index (χ2n) is 6.20. The van der Waals surface area contributed by atoms with Crippen molar-refractivity contribution in [1.29, 1.82) is 0 Å². The van der Waals surface area contributed by atoms with Crippen LogP contribution in [-0.4, -0.2) is 59.5 Å². The summed E-state index contributed by atoms with van der Waals surface area (Å²) in [6.45, 7) is 0. The van der Waals surface area contributed by atoms with Crippen molar-refractivity contribution in [3.63, 3.8) is 0 Å². The molecule has 2 rings (SSSR count). The maximum atomic E-state index is 13.9. The standard InChI is InChI=1S/C17H20FN3O5S2/c1-20(2)27(23,24)14-8-6-13(7-9-14)19-17(22)12-5-10-15(18)16(11-12)28(25,26)21(3)4/h5-11H,1-4H3,(H,19,22). The van der Waals surface area contributed by atoms with Crippen molar-refractivity contribution in [2.75, 3.05) is 33.5 Å². The van der Waals surface area contributed by atoms with Gasteiger partial charge in [0.15, 0.2) is 0 Å². The smallest absolute Gasteiger partial charge is 0.255 e. The van der Waals surface area contributed by atoms with E-state index in [4.69, 9.17) is 0 Å². The highest BCUT2D eigenvalue weighted by Crippen LogP contribution is 2.21. The molecule has 0 saturated heterocycles. The predicted molar refractivity (Wildman–Crippen MR) is 103 cm³/mol.